The van der Waals surface area contributed by atoms with E-state index in [1.54, 1.807) is 0 Å². The van der Waals surface area contributed by atoms with Crippen molar-refractivity contribution >= 4 is 0 Å². The van der Waals surface area contributed by atoms with Gasteiger partial charge in [-0.15, -0.1) is 0 Å². The topological polar surface area (TPSA) is 47.0 Å². The van der Waals surface area contributed by atoms with E-state index in [2.05, 4.69) is 24.1 Å². The van der Waals surface area contributed by atoms with E-state index in [4.69, 9.17) is 9.72 Å². The predicted molar refractivity (Wildman–Crippen MR) is 85.3 cm³/mol. The molecule has 0 saturated carbocycles. The predicted octanol–water partition coefficient (Wildman–Crippen LogP) is 3.52. The van der Waals surface area contributed by atoms with Gasteiger partial charge in [0.1, 0.15) is 5.60 Å². The summed E-state index contributed by atoms with van der Waals surface area (Å²) in [5.41, 5.74) is 2.16. The Morgan fingerprint density at radius 3 is 2.67 bits per heavy atom. The van der Waals surface area contributed by atoms with Crippen LogP contribution in [0.25, 0.3) is 0 Å². The van der Waals surface area contributed by atoms with Crippen molar-refractivity contribution in [2.75, 3.05) is 13.7 Å². The van der Waals surface area contributed by atoms with Crippen LogP contribution in [0.4, 0.5) is 0 Å². The fraction of sp³-hybridized carbons (Fsp3) is 0.765. The van der Waals surface area contributed by atoms with E-state index in [0.29, 0.717) is 12.6 Å². The quantitative estimate of drug-likeness (QED) is 0.815. The Morgan fingerprint density at radius 1 is 1.29 bits per heavy atom. The largest absolute Gasteiger partial charge is 0.367 e. The van der Waals surface area contributed by atoms with Gasteiger partial charge in [-0.25, -0.2) is 9.97 Å². The van der Waals surface area contributed by atoms with Gasteiger partial charge >= 0.3 is 0 Å². The molecule has 1 aliphatic carbocycles. The Labute approximate surface area is 128 Å². The first-order valence-electron chi connectivity index (χ1n) is 8.38. The third kappa shape index (κ3) is 3.27. The van der Waals surface area contributed by atoms with Crippen LogP contribution in [0.15, 0.2) is 6.20 Å². The van der Waals surface area contributed by atoms with Crippen molar-refractivity contribution in [3.63, 3.8) is 0 Å². The molecule has 0 radical (unpaired) electrons. The minimum atomic E-state index is -0.328. The first-order chi connectivity index (χ1) is 10.2. The Kier molecular flexibility index (Phi) is 5.71. The van der Waals surface area contributed by atoms with Crippen LogP contribution in [-0.2, 0) is 16.8 Å². The lowest BCUT2D eigenvalue weighted by molar-refractivity contribution is -0.0573. The molecule has 2 rings (SSSR count). The molecule has 1 unspecified atom stereocenters. The molecule has 4 nitrogen and oxygen atoms in total. The van der Waals surface area contributed by atoms with Crippen molar-refractivity contribution < 1.29 is 4.74 Å². The van der Waals surface area contributed by atoms with Gasteiger partial charge in [0.05, 0.1) is 0 Å². The smallest absolute Gasteiger partial charge is 0.160 e. The molecule has 1 heterocycles. The molecule has 0 aromatic carbocycles. The lowest BCUT2D eigenvalue weighted by atomic mass is 9.95. The molecular formula is C17H29N3O. The first-order valence-corrected chi connectivity index (χ1v) is 8.38. The molecule has 0 saturated heterocycles. The monoisotopic (exact) mass is 291 g/mol. The third-order valence-electron chi connectivity index (χ3n) is 4.75. The number of ether oxygens (including phenoxy) is 1. The Balaban J connectivity index is 2.41. The summed E-state index contributed by atoms with van der Waals surface area (Å²) in [6, 6.07) is 0.390. The SMILES string of the molecule is CCOC(CC)(CC)c1ncc2c(n1)CCCCC2NC. The summed E-state index contributed by atoms with van der Waals surface area (Å²) in [5, 5.41) is 3.40. The average molecular weight is 291 g/mol. The van der Waals surface area contributed by atoms with E-state index in [1.807, 2.05) is 20.2 Å². The number of aryl methyl sites for hydroxylation is 1. The maximum Gasteiger partial charge on any atom is 0.160 e. The molecule has 0 fully saturated rings. The maximum atomic E-state index is 6.05. The van der Waals surface area contributed by atoms with Crippen LogP contribution in [-0.4, -0.2) is 23.6 Å². The van der Waals surface area contributed by atoms with Crippen LogP contribution in [0.2, 0.25) is 0 Å². The zero-order valence-electron chi connectivity index (χ0n) is 13.9. The number of aromatic nitrogens is 2. The summed E-state index contributed by atoms with van der Waals surface area (Å²) >= 11 is 0. The van der Waals surface area contributed by atoms with Crippen molar-refractivity contribution in [1.82, 2.24) is 15.3 Å². The molecule has 0 bridgehead atoms. The number of nitrogens with zero attached hydrogens (tertiary/aromatic N) is 2. The molecule has 21 heavy (non-hydrogen) atoms. The van der Waals surface area contributed by atoms with Crippen LogP contribution < -0.4 is 5.32 Å². The molecule has 0 amide bonds. The van der Waals surface area contributed by atoms with Crippen molar-refractivity contribution in [2.45, 2.75) is 70.9 Å². The minimum Gasteiger partial charge on any atom is -0.367 e. The number of hydrogen-bond acceptors (Lipinski definition) is 4. The Hall–Kier alpha value is -1.00. The zero-order chi connectivity index (χ0) is 15.3. The van der Waals surface area contributed by atoms with E-state index in [9.17, 15) is 0 Å². The fourth-order valence-electron chi connectivity index (χ4n) is 3.34. The van der Waals surface area contributed by atoms with Gasteiger partial charge in [0.2, 0.25) is 0 Å². The molecule has 1 aromatic heterocycles. The second kappa shape index (κ2) is 7.32. The number of rotatable bonds is 6. The number of hydrogen-bond donors (Lipinski definition) is 1. The number of nitrogens with one attached hydrogen (secondary N) is 1. The summed E-state index contributed by atoms with van der Waals surface area (Å²) in [5.74, 6) is 0.866. The van der Waals surface area contributed by atoms with E-state index in [0.717, 1.165) is 25.1 Å². The van der Waals surface area contributed by atoms with Crippen molar-refractivity contribution in [3.8, 4) is 0 Å². The van der Waals surface area contributed by atoms with Crippen molar-refractivity contribution in [2.24, 2.45) is 0 Å². The molecule has 118 valence electrons. The van der Waals surface area contributed by atoms with Gasteiger partial charge in [0, 0.05) is 30.1 Å². The third-order valence-corrected chi connectivity index (χ3v) is 4.75. The molecule has 1 aromatic rings. The molecule has 1 N–H and O–H groups in total. The van der Waals surface area contributed by atoms with Gasteiger partial charge in [-0.05, 0) is 46.1 Å². The van der Waals surface area contributed by atoms with E-state index < -0.39 is 0 Å². The standard InChI is InChI=1S/C17H29N3O/c1-5-17(6-2,21-7-3)16-19-12-13-14(18-4)10-8-9-11-15(13)20-16/h12,14,18H,5-11H2,1-4H3. The number of fused-ring (bicyclic) bond motifs is 1. The highest BCUT2D eigenvalue weighted by molar-refractivity contribution is 5.24. The highest BCUT2D eigenvalue weighted by Gasteiger charge is 2.33. The van der Waals surface area contributed by atoms with E-state index in [1.165, 1.54) is 30.5 Å². The minimum absolute atomic E-state index is 0.328. The second-order valence-electron chi connectivity index (χ2n) is 5.82. The van der Waals surface area contributed by atoms with E-state index >= 15 is 0 Å². The van der Waals surface area contributed by atoms with Gasteiger partial charge in [0.15, 0.2) is 5.82 Å². The first kappa shape index (κ1) is 16.4. The van der Waals surface area contributed by atoms with Crippen LogP contribution in [0, 0.1) is 0 Å². The van der Waals surface area contributed by atoms with Gasteiger partial charge in [-0.2, -0.15) is 0 Å². The molecule has 4 heteroatoms. The normalized spacial score (nSPS) is 19.1. The van der Waals surface area contributed by atoms with Gasteiger partial charge in [0.25, 0.3) is 0 Å². The van der Waals surface area contributed by atoms with E-state index in [-0.39, 0.29) is 5.60 Å². The Morgan fingerprint density at radius 2 is 2.05 bits per heavy atom. The lowest BCUT2D eigenvalue weighted by Gasteiger charge is -2.30. The van der Waals surface area contributed by atoms with Crippen LogP contribution in [0.1, 0.15) is 76.0 Å². The van der Waals surface area contributed by atoms with Gasteiger partial charge in [-0.3, -0.25) is 0 Å². The average Bonchev–Trinajstić information content (AvgIpc) is 2.74. The van der Waals surface area contributed by atoms with Crippen LogP contribution >= 0.6 is 0 Å². The molecule has 1 atom stereocenters. The zero-order valence-corrected chi connectivity index (χ0v) is 13.9. The molecule has 1 aliphatic rings. The Bertz CT molecular complexity index is 457. The summed E-state index contributed by atoms with van der Waals surface area (Å²) < 4.78 is 6.05. The second-order valence-corrected chi connectivity index (χ2v) is 5.82. The summed E-state index contributed by atoms with van der Waals surface area (Å²) in [6.45, 7) is 7.05. The maximum absolute atomic E-state index is 6.05. The summed E-state index contributed by atoms with van der Waals surface area (Å²) in [7, 11) is 2.02. The summed E-state index contributed by atoms with van der Waals surface area (Å²) in [6.07, 6.45) is 8.53. The van der Waals surface area contributed by atoms with Crippen LogP contribution in [0.3, 0.4) is 0 Å². The van der Waals surface area contributed by atoms with Crippen molar-refractivity contribution in [1.29, 1.82) is 0 Å². The van der Waals surface area contributed by atoms with Crippen molar-refractivity contribution in [3.05, 3.63) is 23.3 Å². The molecule has 0 spiro atoms. The fourth-order valence-corrected chi connectivity index (χ4v) is 3.34. The lowest BCUT2D eigenvalue weighted by Crippen LogP contribution is -2.31. The molecule has 0 aliphatic heterocycles. The highest BCUT2D eigenvalue weighted by atomic mass is 16.5. The summed E-state index contributed by atoms with van der Waals surface area (Å²) in [4.78, 5) is 9.62. The highest BCUT2D eigenvalue weighted by Crippen LogP contribution is 2.33. The van der Waals surface area contributed by atoms with Gasteiger partial charge in [-0.1, -0.05) is 20.3 Å². The van der Waals surface area contributed by atoms with Crippen LogP contribution in [0.5, 0.6) is 0 Å². The molecular weight excluding hydrogens is 262 g/mol. The van der Waals surface area contributed by atoms with Gasteiger partial charge < -0.3 is 10.1 Å².